The number of carbonyl (C=O) groups is 1. The van der Waals surface area contributed by atoms with Crippen molar-refractivity contribution in [2.45, 2.75) is 19.3 Å². The Hall–Kier alpha value is -2.12. The van der Waals surface area contributed by atoms with Gasteiger partial charge in [0.05, 0.1) is 6.61 Å². The summed E-state index contributed by atoms with van der Waals surface area (Å²) in [4.78, 5) is 12.7. The van der Waals surface area contributed by atoms with Crippen LogP contribution in [0.4, 0.5) is 13.2 Å². The molecule has 1 aromatic heterocycles. The molecule has 0 saturated carbocycles. The molecule has 0 bridgehead atoms. The molecular weight excluding hydrogens is 339 g/mol. The van der Waals surface area contributed by atoms with Crippen molar-refractivity contribution in [3.63, 3.8) is 0 Å². The van der Waals surface area contributed by atoms with E-state index < -0.39 is 12.8 Å². The molecule has 2 aromatic rings. The Balaban J connectivity index is 1.74. The van der Waals surface area contributed by atoms with E-state index in [1.54, 1.807) is 30.3 Å². The van der Waals surface area contributed by atoms with Gasteiger partial charge in [0.2, 0.25) is 5.91 Å². The maximum atomic E-state index is 12.0. The second kappa shape index (κ2) is 8.65. The quantitative estimate of drug-likeness (QED) is 0.758. The summed E-state index contributed by atoms with van der Waals surface area (Å²) < 4.78 is 40.5. The number of hydrogen-bond donors (Lipinski definition) is 1. The van der Waals surface area contributed by atoms with Crippen LogP contribution < -0.4 is 5.32 Å². The van der Waals surface area contributed by atoms with E-state index in [-0.39, 0.29) is 12.5 Å². The Labute approximate surface area is 141 Å². The van der Waals surface area contributed by atoms with Crippen molar-refractivity contribution < 1.29 is 22.7 Å². The maximum Gasteiger partial charge on any atom is 0.411 e. The third kappa shape index (κ3) is 6.97. The molecule has 0 fully saturated rings. The van der Waals surface area contributed by atoms with Crippen LogP contribution in [0.5, 0.6) is 0 Å². The van der Waals surface area contributed by atoms with Crippen molar-refractivity contribution in [3.05, 3.63) is 63.9 Å². The molecule has 0 radical (unpaired) electrons. The average molecular weight is 355 g/mol. The van der Waals surface area contributed by atoms with E-state index in [1.165, 1.54) is 17.4 Å². The highest BCUT2D eigenvalue weighted by molar-refractivity contribution is 7.10. The number of alkyl halides is 3. The number of ether oxygens (including phenoxy) is 1. The number of nitrogens with one attached hydrogen (secondary N) is 1. The molecule has 128 valence electrons. The van der Waals surface area contributed by atoms with Crippen LogP contribution >= 0.6 is 11.3 Å². The summed E-state index contributed by atoms with van der Waals surface area (Å²) in [5, 5.41) is 4.67. The molecule has 2 rings (SSSR count). The van der Waals surface area contributed by atoms with E-state index in [0.717, 1.165) is 10.4 Å². The number of halogens is 3. The van der Waals surface area contributed by atoms with Crippen LogP contribution in [-0.2, 0) is 22.7 Å². The molecular formula is C17H16F3NO2S. The van der Waals surface area contributed by atoms with Crippen LogP contribution in [0.3, 0.4) is 0 Å². The van der Waals surface area contributed by atoms with E-state index in [1.807, 2.05) is 17.5 Å². The van der Waals surface area contributed by atoms with Gasteiger partial charge in [0.1, 0.15) is 6.61 Å². The van der Waals surface area contributed by atoms with Crippen LogP contribution in [0.25, 0.3) is 6.08 Å². The first kappa shape index (κ1) is 18.2. The van der Waals surface area contributed by atoms with Crippen molar-refractivity contribution in [3.8, 4) is 0 Å². The van der Waals surface area contributed by atoms with Gasteiger partial charge in [-0.1, -0.05) is 30.3 Å². The second-order valence-corrected chi connectivity index (χ2v) is 5.97. The summed E-state index contributed by atoms with van der Waals surface area (Å²) in [6.45, 7) is -1.02. The number of hydrogen-bond acceptors (Lipinski definition) is 3. The van der Waals surface area contributed by atoms with Gasteiger partial charge in [-0.05, 0) is 28.6 Å². The van der Waals surface area contributed by atoms with Crippen molar-refractivity contribution in [1.82, 2.24) is 5.32 Å². The molecule has 1 heterocycles. The van der Waals surface area contributed by atoms with Crippen molar-refractivity contribution >= 4 is 23.3 Å². The van der Waals surface area contributed by atoms with Crippen LogP contribution in [0.2, 0.25) is 0 Å². The number of thiophene rings is 1. The lowest BCUT2D eigenvalue weighted by Gasteiger charge is -2.08. The summed E-state index contributed by atoms with van der Waals surface area (Å²) in [5.41, 5.74) is 1.50. The minimum absolute atomic E-state index is 0.101. The van der Waals surface area contributed by atoms with Gasteiger partial charge in [-0.2, -0.15) is 13.2 Å². The topological polar surface area (TPSA) is 38.3 Å². The van der Waals surface area contributed by atoms with Crippen LogP contribution in [0, 0.1) is 0 Å². The van der Waals surface area contributed by atoms with Crippen LogP contribution in [0.1, 0.15) is 16.0 Å². The van der Waals surface area contributed by atoms with Crippen molar-refractivity contribution in [2.75, 3.05) is 6.61 Å². The van der Waals surface area contributed by atoms with Gasteiger partial charge in [-0.25, -0.2) is 0 Å². The second-order valence-electron chi connectivity index (χ2n) is 4.99. The van der Waals surface area contributed by atoms with Crippen LogP contribution in [0.15, 0.2) is 47.9 Å². The van der Waals surface area contributed by atoms with Crippen LogP contribution in [-0.4, -0.2) is 18.7 Å². The highest BCUT2D eigenvalue weighted by Gasteiger charge is 2.27. The largest absolute Gasteiger partial charge is 0.411 e. The van der Waals surface area contributed by atoms with Gasteiger partial charge >= 0.3 is 6.18 Å². The number of amides is 1. The molecule has 0 aliphatic carbocycles. The van der Waals surface area contributed by atoms with Crippen molar-refractivity contribution in [1.29, 1.82) is 0 Å². The highest BCUT2D eigenvalue weighted by atomic mass is 32.1. The van der Waals surface area contributed by atoms with E-state index in [9.17, 15) is 18.0 Å². The lowest BCUT2D eigenvalue weighted by molar-refractivity contribution is -0.176. The lowest BCUT2D eigenvalue weighted by Crippen LogP contribution is -2.20. The molecule has 0 atom stereocenters. The van der Waals surface area contributed by atoms with E-state index >= 15 is 0 Å². The minimum atomic E-state index is -4.32. The first-order chi connectivity index (χ1) is 11.4. The third-order valence-corrected chi connectivity index (χ3v) is 3.80. The number of rotatable bonds is 7. The standard InChI is InChI=1S/C17H16F3NO2S/c18-17(19,20)12-23-11-14-5-3-13(4-6-14)10-21-16(22)8-7-15-2-1-9-24-15/h1-9H,10-12H2,(H,21,22)/b8-7+. The number of carbonyl (C=O) groups excluding carboxylic acids is 1. The van der Waals surface area contributed by atoms with E-state index in [0.29, 0.717) is 12.1 Å². The third-order valence-electron chi connectivity index (χ3n) is 2.97. The molecule has 1 N–H and O–H groups in total. The molecule has 1 amide bonds. The smallest absolute Gasteiger partial charge is 0.367 e. The SMILES string of the molecule is O=C(/C=C/c1cccs1)NCc1ccc(COCC(F)(F)F)cc1. The van der Waals surface area contributed by atoms with E-state index in [4.69, 9.17) is 0 Å². The van der Waals surface area contributed by atoms with Gasteiger partial charge in [-0.15, -0.1) is 11.3 Å². The summed E-state index contributed by atoms with van der Waals surface area (Å²) in [5.74, 6) is -0.207. The molecule has 3 nitrogen and oxygen atoms in total. The Bertz CT molecular complexity index is 664. The summed E-state index contributed by atoms with van der Waals surface area (Å²) in [7, 11) is 0. The lowest BCUT2D eigenvalue weighted by atomic mass is 10.1. The molecule has 0 aliphatic heterocycles. The maximum absolute atomic E-state index is 12.0. The molecule has 0 spiro atoms. The Kier molecular flexibility index (Phi) is 6.57. The monoisotopic (exact) mass is 355 g/mol. The van der Waals surface area contributed by atoms with Crippen molar-refractivity contribution in [2.24, 2.45) is 0 Å². The predicted molar refractivity (Wildman–Crippen MR) is 87.4 cm³/mol. The molecule has 7 heteroatoms. The zero-order chi connectivity index (χ0) is 17.4. The van der Waals surface area contributed by atoms with E-state index in [2.05, 4.69) is 10.1 Å². The molecule has 24 heavy (non-hydrogen) atoms. The number of benzene rings is 1. The summed E-state index contributed by atoms with van der Waals surface area (Å²) in [6.07, 6.45) is -1.12. The van der Waals surface area contributed by atoms with Gasteiger partial charge in [0.25, 0.3) is 0 Å². The summed E-state index contributed by atoms with van der Waals surface area (Å²) >= 11 is 1.54. The zero-order valence-electron chi connectivity index (χ0n) is 12.7. The van der Waals surface area contributed by atoms with Gasteiger partial charge in [-0.3, -0.25) is 4.79 Å². The molecule has 0 aliphatic rings. The summed E-state index contributed by atoms with van der Waals surface area (Å²) in [6, 6.07) is 10.7. The fourth-order valence-corrected chi connectivity index (χ4v) is 2.45. The van der Waals surface area contributed by atoms with Gasteiger partial charge < -0.3 is 10.1 Å². The van der Waals surface area contributed by atoms with Gasteiger partial charge in [0.15, 0.2) is 0 Å². The molecule has 0 unspecified atom stereocenters. The first-order valence-electron chi connectivity index (χ1n) is 7.14. The van der Waals surface area contributed by atoms with Gasteiger partial charge in [0, 0.05) is 17.5 Å². The normalized spacial score (nSPS) is 11.8. The zero-order valence-corrected chi connectivity index (χ0v) is 13.5. The fraction of sp³-hybridized carbons (Fsp3) is 0.235. The first-order valence-corrected chi connectivity index (χ1v) is 8.02. The highest BCUT2D eigenvalue weighted by Crippen LogP contribution is 2.16. The Morgan fingerprint density at radius 3 is 2.50 bits per heavy atom. The fourth-order valence-electron chi connectivity index (χ4n) is 1.83. The molecule has 1 aromatic carbocycles. The average Bonchev–Trinajstić information content (AvgIpc) is 3.04. The minimum Gasteiger partial charge on any atom is -0.367 e. The molecule has 0 saturated heterocycles. The predicted octanol–water partition coefficient (Wildman–Crippen LogP) is 4.16. The Morgan fingerprint density at radius 1 is 1.17 bits per heavy atom. The Morgan fingerprint density at radius 2 is 1.88 bits per heavy atom.